The molecule has 3 rings (SSSR count). The van der Waals surface area contributed by atoms with Crippen molar-refractivity contribution in [1.82, 2.24) is 0 Å². The number of benzene rings is 3. The zero-order valence-corrected chi connectivity index (χ0v) is 16.8. The van der Waals surface area contributed by atoms with Crippen LogP contribution >= 0.6 is 0 Å². The molecule has 0 heterocycles. The van der Waals surface area contributed by atoms with Crippen LogP contribution < -0.4 is 56.7 Å². The first-order valence-electron chi connectivity index (χ1n) is 6.75. The van der Waals surface area contributed by atoms with Gasteiger partial charge in [-0.05, 0) is 54.1 Å². The zero-order valence-electron chi connectivity index (χ0n) is 12.9. The third kappa shape index (κ3) is 4.64. The molecule has 0 aliphatic heterocycles. The van der Waals surface area contributed by atoms with E-state index in [1.165, 1.54) is 17.7 Å². The van der Waals surface area contributed by atoms with Gasteiger partial charge in [0.2, 0.25) is 0 Å². The summed E-state index contributed by atoms with van der Waals surface area (Å²) in [5.74, 6) is 0. The van der Waals surface area contributed by atoms with Gasteiger partial charge in [0.05, 0.1) is 4.90 Å². The fourth-order valence-corrected chi connectivity index (χ4v) is 2.77. The third-order valence-corrected chi connectivity index (χ3v) is 4.27. The van der Waals surface area contributed by atoms with Gasteiger partial charge in [-0.3, -0.25) is 0 Å². The summed E-state index contributed by atoms with van der Waals surface area (Å²) in [6.07, 6.45) is 0. The number of hydrogen-bond donors (Lipinski definition) is 1. The van der Waals surface area contributed by atoms with Gasteiger partial charge in [0.1, 0.15) is 10.1 Å². The van der Waals surface area contributed by atoms with Crippen LogP contribution in [0.4, 0.5) is 11.4 Å². The van der Waals surface area contributed by atoms with E-state index in [4.69, 9.17) is 0 Å². The molecule has 0 spiro atoms. The predicted octanol–water partition coefficient (Wildman–Crippen LogP) is 0.800. The van der Waals surface area contributed by atoms with Crippen molar-refractivity contribution in [3.63, 3.8) is 0 Å². The quantitative estimate of drug-likeness (QED) is 0.560. The van der Waals surface area contributed by atoms with Crippen LogP contribution in [0.3, 0.4) is 0 Å². The summed E-state index contributed by atoms with van der Waals surface area (Å²) in [5.41, 5.74) is 3.06. The largest absolute Gasteiger partial charge is 1.00 e. The molecule has 23 heavy (non-hydrogen) atoms. The van der Waals surface area contributed by atoms with Crippen molar-refractivity contribution in [3.8, 4) is 0 Å². The number of nitrogens with one attached hydrogen (secondary N) is 1. The number of fused-ring (bicyclic) bond motifs is 1. The summed E-state index contributed by atoms with van der Waals surface area (Å²) in [6.45, 7) is 2.03. The van der Waals surface area contributed by atoms with Gasteiger partial charge >= 0.3 is 51.4 Å². The van der Waals surface area contributed by atoms with E-state index in [0.717, 1.165) is 16.8 Å². The van der Waals surface area contributed by atoms with Gasteiger partial charge in [0.15, 0.2) is 0 Å². The SMILES string of the molecule is Cc1ccc(Nc2ccc3cc(S(=O)(=O)[O-])ccc3c2)cc1.[K+]. The Labute approximate surface area is 178 Å². The molecule has 0 aromatic heterocycles. The molecule has 3 aromatic carbocycles. The van der Waals surface area contributed by atoms with Crippen molar-refractivity contribution in [1.29, 1.82) is 0 Å². The molecule has 3 aromatic rings. The van der Waals surface area contributed by atoms with Crippen molar-refractivity contribution in [2.75, 3.05) is 5.32 Å². The molecule has 0 atom stereocenters. The van der Waals surface area contributed by atoms with Gasteiger partial charge in [-0.25, -0.2) is 8.42 Å². The normalized spacial score (nSPS) is 11.0. The van der Waals surface area contributed by atoms with Crippen molar-refractivity contribution < 1.29 is 64.4 Å². The van der Waals surface area contributed by atoms with Gasteiger partial charge in [0.25, 0.3) is 0 Å². The van der Waals surface area contributed by atoms with Crippen LogP contribution in [0.5, 0.6) is 0 Å². The second kappa shape index (κ2) is 7.44. The molecule has 0 aliphatic carbocycles. The van der Waals surface area contributed by atoms with Crippen molar-refractivity contribution in [3.05, 3.63) is 66.2 Å². The van der Waals surface area contributed by atoms with Crippen molar-refractivity contribution >= 4 is 32.3 Å². The first kappa shape index (κ1) is 18.6. The fraction of sp³-hybridized carbons (Fsp3) is 0.0588. The van der Waals surface area contributed by atoms with Crippen LogP contribution in [0.2, 0.25) is 0 Å². The molecule has 6 heteroatoms. The summed E-state index contributed by atoms with van der Waals surface area (Å²) in [6, 6.07) is 18.0. The minimum atomic E-state index is -4.42. The maximum absolute atomic E-state index is 11.0. The molecule has 0 unspecified atom stereocenters. The van der Waals surface area contributed by atoms with E-state index in [2.05, 4.69) is 5.32 Å². The minimum absolute atomic E-state index is 0. The predicted molar refractivity (Wildman–Crippen MR) is 86.4 cm³/mol. The van der Waals surface area contributed by atoms with Crippen LogP contribution in [-0.4, -0.2) is 13.0 Å². The van der Waals surface area contributed by atoms with E-state index in [9.17, 15) is 13.0 Å². The van der Waals surface area contributed by atoms with Crippen molar-refractivity contribution in [2.45, 2.75) is 11.8 Å². The maximum Gasteiger partial charge on any atom is 1.00 e. The second-order valence-electron chi connectivity index (χ2n) is 5.17. The Morgan fingerprint density at radius 3 is 2.04 bits per heavy atom. The third-order valence-electron chi connectivity index (χ3n) is 3.44. The maximum atomic E-state index is 11.0. The number of anilines is 2. The van der Waals surface area contributed by atoms with Crippen LogP contribution in [-0.2, 0) is 10.1 Å². The Kier molecular flexibility index (Phi) is 6.02. The number of rotatable bonds is 3. The monoisotopic (exact) mass is 351 g/mol. The average molecular weight is 351 g/mol. The van der Waals surface area contributed by atoms with Gasteiger partial charge in [0, 0.05) is 11.4 Å². The van der Waals surface area contributed by atoms with E-state index in [1.54, 1.807) is 12.1 Å². The smallest absolute Gasteiger partial charge is 0.744 e. The van der Waals surface area contributed by atoms with Gasteiger partial charge in [-0.15, -0.1) is 0 Å². The molecular formula is C17H14KNO3S. The summed E-state index contributed by atoms with van der Waals surface area (Å²) in [7, 11) is -4.42. The van der Waals surface area contributed by atoms with E-state index in [-0.39, 0.29) is 56.3 Å². The Morgan fingerprint density at radius 1 is 0.826 bits per heavy atom. The number of hydrogen-bond acceptors (Lipinski definition) is 4. The molecule has 0 aliphatic rings. The molecular weight excluding hydrogens is 337 g/mol. The fourth-order valence-electron chi connectivity index (χ4n) is 2.26. The minimum Gasteiger partial charge on any atom is -0.744 e. The van der Waals surface area contributed by atoms with Gasteiger partial charge < -0.3 is 9.87 Å². The molecule has 0 saturated carbocycles. The van der Waals surface area contributed by atoms with Crippen LogP contribution in [0.1, 0.15) is 5.56 Å². The topological polar surface area (TPSA) is 69.2 Å². The summed E-state index contributed by atoms with van der Waals surface area (Å²) in [5, 5.41) is 4.87. The molecule has 0 fully saturated rings. The average Bonchev–Trinajstić information content (AvgIpc) is 2.48. The second-order valence-corrected chi connectivity index (χ2v) is 6.55. The molecule has 0 saturated heterocycles. The Hall–Kier alpha value is -0.734. The Balaban J connectivity index is 0.00000192. The summed E-state index contributed by atoms with van der Waals surface area (Å²) >= 11 is 0. The van der Waals surface area contributed by atoms with E-state index in [0.29, 0.717) is 5.39 Å². The standard InChI is InChI=1S/C17H15NO3S.K/c1-12-2-6-15(7-3-12)18-16-8-4-14-11-17(22(19,20)21)9-5-13(14)10-16;/h2-11,18H,1H3,(H,19,20,21);/q;+1/p-1. The molecule has 1 N–H and O–H groups in total. The number of aryl methyl sites for hydroxylation is 1. The first-order chi connectivity index (χ1) is 10.4. The van der Waals surface area contributed by atoms with E-state index >= 15 is 0 Å². The molecule has 0 bridgehead atoms. The Bertz CT molecular complexity index is 938. The van der Waals surface area contributed by atoms with Gasteiger partial charge in [-0.1, -0.05) is 29.8 Å². The van der Waals surface area contributed by atoms with Crippen LogP contribution in [0, 0.1) is 6.92 Å². The van der Waals surface area contributed by atoms with Crippen LogP contribution in [0.25, 0.3) is 10.8 Å². The molecule has 0 amide bonds. The van der Waals surface area contributed by atoms with Crippen molar-refractivity contribution in [2.24, 2.45) is 0 Å². The van der Waals surface area contributed by atoms with E-state index in [1.807, 2.05) is 43.3 Å². The van der Waals surface area contributed by atoms with E-state index < -0.39 is 10.1 Å². The molecule has 0 radical (unpaired) electrons. The summed E-state index contributed by atoms with van der Waals surface area (Å²) < 4.78 is 33.1. The first-order valence-corrected chi connectivity index (χ1v) is 8.16. The molecule has 4 nitrogen and oxygen atoms in total. The summed E-state index contributed by atoms with van der Waals surface area (Å²) in [4.78, 5) is -0.209. The van der Waals surface area contributed by atoms with Crippen LogP contribution in [0.15, 0.2) is 65.6 Å². The molecule has 112 valence electrons. The Morgan fingerprint density at radius 2 is 1.39 bits per heavy atom. The van der Waals surface area contributed by atoms with Gasteiger partial charge in [-0.2, -0.15) is 0 Å². The zero-order chi connectivity index (χ0) is 15.7.